The number of rotatable bonds is 4. The number of urea groups is 1. The highest BCUT2D eigenvalue weighted by Gasteiger charge is 2.61. The largest absolute Gasteiger partial charge is 0.335 e. The number of benzene rings is 1. The quantitative estimate of drug-likeness (QED) is 0.877. The van der Waals surface area contributed by atoms with E-state index in [1.54, 1.807) is 6.20 Å². The highest BCUT2D eigenvalue weighted by Crippen LogP contribution is 2.65. The van der Waals surface area contributed by atoms with E-state index in [-0.39, 0.29) is 17.5 Å². The molecular formula is C21H28N4O. The van der Waals surface area contributed by atoms with Crippen molar-refractivity contribution in [2.75, 3.05) is 0 Å². The molecule has 3 atom stereocenters. The Balaban J connectivity index is 1.32. The molecule has 2 aromatic rings. The lowest BCUT2D eigenvalue weighted by Crippen LogP contribution is -2.49. The molecule has 2 amide bonds. The van der Waals surface area contributed by atoms with Crippen molar-refractivity contribution >= 4 is 6.03 Å². The number of carbonyl (C=O) groups excluding carboxylic acids is 1. The summed E-state index contributed by atoms with van der Waals surface area (Å²) in [7, 11) is 0. The maximum absolute atomic E-state index is 12.4. The minimum atomic E-state index is -0.0595. The van der Waals surface area contributed by atoms with Crippen molar-refractivity contribution < 1.29 is 4.79 Å². The number of carbonyl (C=O) groups is 1. The van der Waals surface area contributed by atoms with Crippen LogP contribution in [0.4, 0.5) is 4.79 Å². The predicted octanol–water partition coefficient (Wildman–Crippen LogP) is 3.89. The Morgan fingerprint density at radius 2 is 2.04 bits per heavy atom. The summed E-state index contributed by atoms with van der Waals surface area (Å²) in [4.78, 5) is 12.4. The van der Waals surface area contributed by atoms with Crippen molar-refractivity contribution in [2.24, 2.45) is 16.7 Å². The maximum atomic E-state index is 12.4. The van der Waals surface area contributed by atoms with Crippen LogP contribution in [0.15, 0.2) is 42.7 Å². The average molecular weight is 352 g/mol. The minimum absolute atomic E-state index is 0.0595. The smallest absolute Gasteiger partial charge is 0.315 e. The summed E-state index contributed by atoms with van der Waals surface area (Å²) in [5.74, 6) is 0.729. The molecule has 1 heterocycles. The Morgan fingerprint density at radius 3 is 2.62 bits per heavy atom. The van der Waals surface area contributed by atoms with Gasteiger partial charge in [0, 0.05) is 25.0 Å². The minimum Gasteiger partial charge on any atom is -0.335 e. The summed E-state index contributed by atoms with van der Waals surface area (Å²) in [5, 5.41) is 10.5. The highest BCUT2D eigenvalue weighted by molar-refractivity contribution is 5.74. The molecule has 0 spiro atoms. The van der Waals surface area contributed by atoms with Crippen molar-refractivity contribution in [3.05, 3.63) is 48.3 Å². The number of fused-ring (bicyclic) bond motifs is 2. The van der Waals surface area contributed by atoms with E-state index >= 15 is 0 Å². The zero-order valence-electron chi connectivity index (χ0n) is 15.8. The fraction of sp³-hybridized carbons (Fsp3) is 0.524. The molecule has 138 valence electrons. The normalized spacial score (nSPS) is 28.9. The lowest BCUT2D eigenvalue weighted by Gasteiger charge is -2.39. The van der Waals surface area contributed by atoms with E-state index in [1.807, 2.05) is 41.2 Å². The van der Waals surface area contributed by atoms with E-state index < -0.39 is 0 Å². The second-order valence-electron chi connectivity index (χ2n) is 8.61. The van der Waals surface area contributed by atoms with E-state index in [0.29, 0.717) is 12.0 Å². The predicted molar refractivity (Wildman–Crippen MR) is 102 cm³/mol. The molecule has 5 heteroatoms. The van der Waals surface area contributed by atoms with Gasteiger partial charge in [-0.05, 0) is 59.8 Å². The molecule has 2 saturated carbocycles. The summed E-state index contributed by atoms with van der Waals surface area (Å²) >= 11 is 0. The molecule has 2 aliphatic rings. The Morgan fingerprint density at radius 1 is 1.27 bits per heavy atom. The summed E-state index contributed by atoms with van der Waals surface area (Å²) in [6.07, 6.45) is 7.29. The van der Waals surface area contributed by atoms with Gasteiger partial charge in [0.1, 0.15) is 0 Å². The number of amides is 2. The molecule has 1 aromatic heterocycles. The summed E-state index contributed by atoms with van der Waals surface area (Å²) in [6, 6.07) is 10.2. The van der Waals surface area contributed by atoms with Gasteiger partial charge in [0.25, 0.3) is 0 Å². The molecule has 0 aliphatic heterocycles. The van der Waals surface area contributed by atoms with Gasteiger partial charge in [-0.3, -0.25) is 0 Å². The van der Waals surface area contributed by atoms with Crippen LogP contribution in [0.3, 0.4) is 0 Å². The van der Waals surface area contributed by atoms with E-state index in [2.05, 4.69) is 36.5 Å². The lowest BCUT2D eigenvalue weighted by molar-refractivity contribution is 0.123. The van der Waals surface area contributed by atoms with Gasteiger partial charge in [0.2, 0.25) is 0 Å². The summed E-state index contributed by atoms with van der Waals surface area (Å²) in [5.41, 5.74) is 2.61. The topological polar surface area (TPSA) is 59.0 Å². The van der Waals surface area contributed by atoms with Crippen molar-refractivity contribution in [1.29, 1.82) is 0 Å². The molecule has 0 saturated heterocycles. The van der Waals surface area contributed by atoms with Crippen LogP contribution in [0.1, 0.15) is 45.6 Å². The standard InChI is InChI=1S/C21H28N4O/c1-20(2)16-9-10-21(20,3)18(13-16)24-19(26)22-14-15-5-7-17(8-6-15)25-12-4-11-23-25/h4-8,11-12,16,18H,9-10,13-14H2,1-3H3,(H2,22,24,26). The van der Waals surface area contributed by atoms with Crippen LogP contribution in [0.5, 0.6) is 0 Å². The van der Waals surface area contributed by atoms with Gasteiger partial charge in [-0.15, -0.1) is 0 Å². The SMILES string of the molecule is CC1(C)C2CCC1(C)C(NC(=O)NCc1ccc(-n3cccn3)cc1)C2. The number of hydrogen-bond acceptors (Lipinski definition) is 2. The van der Waals surface area contributed by atoms with E-state index in [4.69, 9.17) is 0 Å². The zero-order chi connectivity index (χ0) is 18.4. The van der Waals surface area contributed by atoms with Crippen LogP contribution >= 0.6 is 0 Å². The first-order valence-corrected chi connectivity index (χ1v) is 9.53. The van der Waals surface area contributed by atoms with Gasteiger partial charge < -0.3 is 10.6 Å². The van der Waals surface area contributed by atoms with Gasteiger partial charge in [-0.2, -0.15) is 5.10 Å². The third kappa shape index (κ3) is 2.70. The highest BCUT2D eigenvalue weighted by atomic mass is 16.2. The fourth-order valence-electron chi connectivity index (χ4n) is 5.00. The monoisotopic (exact) mass is 352 g/mol. The van der Waals surface area contributed by atoms with Crippen LogP contribution in [0.25, 0.3) is 5.69 Å². The molecule has 2 N–H and O–H groups in total. The molecule has 2 aliphatic carbocycles. The fourth-order valence-corrected chi connectivity index (χ4v) is 5.00. The van der Waals surface area contributed by atoms with Gasteiger partial charge in [0.15, 0.2) is 0 Å². The molecule has 0 radical (unpaired) electrons. The third-order valence-corrected chi connectivity index (χ3v) is 7.26. The maximum Gasteiger partial charge on any atom is 0.315 e. The van der Waals surface area contributed by atoms with Gasteiger partial charge in [0.05, 0.1) is 5.69 Å². The van der Waals surface area contributed by atoms with E-state index in [0.717, 1.165) is 23.6 Å². The average Bonchev–Trinajstić information content (AvgIpc) is 3.27. The molecule has 2 bridgehead atoms. The zero-order valence-corrected chi connectivity index (χ0v) is 15.8. The molecule has 26 heavy (non-hydrogen) atoms. The Kier molecular flexibility index (Phi) is 4.05. The molecule has 1 aromatic carbocycles. The van der Waals surface area contributed by atoms with E-state index in [9.17, 15) is 4.79 Å². The van der Waals surface area contributed by atoms with Gasteiger partial charge in [-0.25, -0.2) is 9.48 Å². The number of nitrogens with one attached hydrogen (secondary N) is 2. The first-order valence-electron chi connectivity index (χ1n) is 9.53. The second-order valence-corrected chi connectivity index (χ2v) is 8.61. The van der Waals surface area contributed by atoms with E-state index in [1.165, 1.54) is 12.8 Å². The van der Waals surface area contributed by atoms with Crippen molar-refractivity contribution in [2.45, 2.75) is 52.6 Å². The molecule has 5 nitrogen and oxygen atoms in total. The Bertz CT molecular complexity index is 781. The van der Waals surface area contributed by atoms with Crippen molar-refractivity contribution in [3.8, 4) is 5.69 Å². The van der Waals surface area contributed by atoms with Gasteiger partial charge >= 0.3 is 6.03 Å². The molecule has 4 rings (SSSR count). The second kappa shape index (κ2) is 6.15. The van der Waals surface area contributed by atoms with Crippen molar-refractivity contribution in [1.82, 2.24) is 20.4 Å². The van der Waals surface area contributed by atoms with Crippen LogP contribution in [0, 0.1) is 16.7 Å². The lowest BCUT2D eigenvalue weighted by atomic mass is 9.69. The van der Waals surface area contributed by atoms with Crippen molar-refractivity contribution in [3.63, 3.8) is 0 Å². The number of hydrogen-bond donors (Lipinski definition) is 2. The molecule has 2 fully saturated rings. The number of nitrogens with zero attached hydrogens (tertiary/aromatic N) is 2. The first kappa shape index (κ1) is 17.1. The Labute approximate surface area is 155 Å². The number of aromatic nitrogens is 2. The summed E-state index contributed by atoms with van der Waals surface area (Å²) in [6.45, 7) is 7.61. The van der Waals surface area contributed by atoms with Crippen LogP contribution in [-0.2, 0) is 6.54 Å². The Hall–Kier alpha value is -2.30. The molecular weight excluding hydrogens is 324 g/mol. The molecule has 3 unspecified atom stereocenters. The summed E-state index contributed by atoms with van der Waals surface area (Å²) < 4.78 is 1.82. The van der Waals surface area contributed by atoms with Crippen LogP contribution in [0.2, 0.25) is 0 Å². The van der Waals surface area contributed by atoms with Crippen LogP contribution < -0.4 is 10.6 Å². The van der Waals surface area contributed by atoms with Crippen LogP contribution in [-0.4, -0.2) is 21.9 Å². The third-order valence-electron chi connectivity index (χ3n) is 7.26. The van der Waals surface area contributed by atoms with Gasteiger partial charge in [-0.1, -0.05) is 32.9 Å². The first-order chi connectivity index (χ1) is 12.4.